The van der Waals surface area contributed by atoms with E-state index in [-0.39, 0.29) is 6.04 Å². The van der Waals surface area contributed by atoms with Crippen LogP contribution >= 0.6 is 0 Å². The molecule has 2 heteroatoms. The molecular formula is C9H16NO. The smallest absolute Gasteiger partial charge is 0.216 e. The fraction of sp³-hybridized carbons (Fsp3) is 0.889. The summed E-state index contributed by atoms with van der Waals surface area (Å²) in [5.74, 6) is 0. The lowest BCUT2D eigenvalue weighted by Gasteiger charge is -2.08. The van der Waals surface area contributed by atoms with Gasteiger partial charge in [-0.15, -0.1) is 0 Å². The maximum atomic E-state index is 10.2. The molecule has 0 saturated carbocycles. The normalized spacial score (nSPS) is 30.6. The predicted octanol–water partition coefficient (Wildman–Crippen LogP) is 1.41. The predicted molar refractivity (Wildman–Crippen MR) is 45.2 cm³/mol. The van der Waals surface area contributed by atoms with E-state index in [4.69, 9.17) is 0 Å². The number of rotatable bonds is 4. The van der Waals surface area contributed by atoms with Crippen LogP contribution in [-0.2, 0) is 4.79 Å². The van der Waals surface area contributed by atoms with Gasteiger partial charge in [-0.3, -0.25) is 4.79 Å². The molecule has 2 nitrogen and oxygen atoms in total. The summed E-state index contributed by atoms with van der Waals surface area (Å²) >= 11 is 0. The molecule has 1 heterocycles. The number of nitrogens with one attached hydrogen (secondary N) is 1. The fourth-order valence-electron chi connectivity index (χ4n) is 1.59. The Hall–Kier alpha value is -0.370. The van der Waals surface area contributed by atoms with Crippen LogP contribution in [0, 0.1) is 0 Å². The maximum Gasteiger partial charge on any atom is 0.216 e. The van der Waals surface area contributed by atoms with Crippen molar-refractivity contribution in [3.8, 4) is 0 Å². The van der Waals surface area contributed by atoms with Gasteiger partial charge in [-0.2, -0.15) is 0 Å². The first-order valence-electron chi connectivity index (χ1n) is 4.50. The van der Waals surface area contributed by atoms with Crippen LogP contribution in [0.15, 0.2) is 0 Å². The van der Waals surface area contributed by atoms with Gasteiger partial charge in [0.05, 0.1) is 6.04 Å². The van der Waals surface area contributed by atoms with Gasteiger partial charge in [-0.1, -0.05) is 19.8 Å². The van der Waals surface area contributed by atoms with Crippen molar-refractivity contribution < 1.29 is 4.79 Å². The summed E-state index contributed by atoms with van der Waals surface area (Å²) in [5.41, 5.74) is 0. The second-order valence-corrected chi connectivity index (χ2v) is 3.25. The summed E-state index contributed by atoms with van der Waals surface area (Å²) in [6.45, 7) is 2.19. The molecule has 0 bridgehead atoms. The lowest BCUT2D eigenvalue weighted by molar-refractivity contribution is 0.501. The minimum atomic E-state index is 0.0249. The van der Waals surface area contributed by atoms with Crippen LogP contribution in [0.5, 0.6) is 0 Å². The number of carbonyl (C=O) groups excluding carboxylic acids is 1. The zero-order valence-corrected chi connectivity index (χ0v) is 7.10. The van der Waals surface area contributed by atoms with E-state index in [1.54, 1.807) is 0 Å². The standard InChI is InChI=1S/C9H16NO/c1-2-3-4-8-5-6-9(7-11)10-8/h8-10H,2-6H2,1H3/t8?,9-/m0/s1. The van der Waals surface area contributed by atoms with Gasteiger partial charge in [0.15, 0.2) is 0 Å². The van der Waals surface area contributed by atoms with Gasteiger partial charge < -0.3 is 5.32 Å². The van der Waals surface area contributed by atoms with Crippen molar-refractivity contribution in [1.29, 1.82) is 0 Å². The monoisotopic (exact) mass is 154 g/mol. The van der Waals surface area contributed by atoms with E-state index in [1.807, 2.05) is 6.29 Å². The summed E-state index contributed by atoms with van der Waals surface area (Å²) in [6, 6.07) is 0.609. The quantitative estimate of drug-likeness (QED) is 0.663. The number of unbranched alkanes of at least 4 members (excludes halogenated alkanes) is 1. The van der Waals surface area contributed by atoms with Crippen molar-refractivity contribution in [2.75, 3.05) is 0 Å². The highest BCUT2D eigenvalue weighted by Gasteiger charge is 2.22. The minimum absolute atomic E-state index is 0.0249. The molecule has 0 aromatic heterocycles. The third-order valence-corrected chi connectivity index (χ3v) is 2.29. The molecule has 1 rings (SSSR count). The molecule has 0 aliphatic carbocycles. The molecule has 0 spiro atoms. The Morgan fingerprint density at radius 1 is 1.55 bits per heavy atom. The molecule has 0 amide bonds. The summed E-state index contributed by atoms with van der Waals surface area (Å²) in [7, 11) is 0. The molecular weight excluding hydrogens is 138 g/mol. The Balaban J connectivity index is 2.14. The molecule has 1 N–H and O–H groups in total. The average Bonchev–Trinajstić information content (AvgIpc) is 2.48. The van der Waals surface area contributed by atoms with Crippen molar-refractivity contribution in [2.45, 2.75) is 51.1 Å². The van der Waals surface area contributed by atoms with Crippen LogP contribution in [0.3, 0.4) is 0 Å². The third kappa shape index (κ3) is 2.62. The first-order valence-corrected chi connectivity index (χ1v) is 4.50. The minimum Gasteiger partial charge on any atom is -0.304 e. The van der Waals surface area contributed by atoms with Gasteiger partial charge in [-0.25, -0.2) is 0 Å². The van der Waals surface area contributed by atoms with Crippen molar-refractivity contribution in [3.05, 3.63) is 0 Å². The topological polar surface area (TPSA) is 29.1 Å². The molecule has 1 radical (unpaired) electrons. The highest BCUT2D eigenvalue weighted by Crippen LogP contribution is 2.15. The van der Waals surface area contributed by atoms with Crippen LogP contribution in [0.4, 0.5) is 0 Å². The van der Waals surface area contributed by atoms with Crippen molar-refractivity contribution in [1.82, 2.24) is 5.32 Å². The van der Waals surface area contributed by atoms with Gasteiger partial charge in [0, 0.05) is 6.04 Å². The fourth-order valence-corrected chi connectivity index (χ4v) is 1.59. The Morgan fingerprint density at radius 2 is 2.36 bits per heavy atom. The van der Waals surface area contributed by atoms with Crippen LogP contribution in [0.1, 0.15) is 39.0 Å². The highest BCUT2D eigenvalue weighted by molar-refractivity contribution is 5.59. The third-order valence-electron chi connectivity index (χ3n) is 2.29. The summed E-state index contributed by atoms with van der Waals surface area (Å²) < 4.78 is 0. The SMILES string of the molecule is CCCCC1CC[C@@H]([C]=O)N1. The number of hydrogen-bond acceptors (Lipinski definition) is 2. The molecule has 2 atom stereocenters. The van der Waals surface area contributed by atoms with E-state index in [0.29, 0.717) is 6.04 Å². The van der Waals surface area contributed by atoms with Crippen LogP contribution in [-0.4, -0.2) is 18.4 Å². The first kappa shape index (κ1) is 8.72. The molecule has 1 saturated heterocycles. The first-order chi connectivity index (χ1) is 5.36. The Morgan fingerprint density at radius 3 is 2.91 bits per heavy atom. The largest absolute Gasteiger partial charge is 0.304 e. The van der Waals surface area contributed by atoms with E-state index < -0.39 is 0 Å². The second-order valence-electron chi connectivity index (χ2n) is 3.25. The molecule has 0 aromatic rings. The molecule has 1 aliphatic heterocycles. The van der Waals surface area contributed by atoms with Crippen LogP contribution in [0.25, 0.3) is 0 Å². The lowest BCUT2D eigenvalue weighted by atomic mass is 10.1. The number of hydrogen-bond donors (Lipinski definition) is 1. The zero-order chi connectivity index (χ0) is 8.10. The van der Waals surface area contributed by atoms with Crippen molar-refractivity contribution in [3.63, 3.8) is 0 Å². The van der Waals surface area contributed by atoms with Gasteiger partial charge in [0.1, 0.15) is 0 Å². The van der Waals surface area contributed by atoms with E-state index in [1.165, 1.54) is 19.3 Å². The zero-order valence-electron chi connectivity index (χ0n) is 7.10. The highest BCUT2D eigenvalue weighted by atomic mass is 16.1. The van der Waals surface area contributed by atoms with E-state index in [0.717, 1.165) is 12.8 Å². The molecule has 1 aliphatic rings. The maximum absolute atomic E-state index is 10.2. The van der Waals surface area contributed by atoms with Crippen LogP contribution < -0.4 is 5.32 Å². The van der Waals surface area contributed by atoms with E-state index in [9.17, 15) is 4.79 Å². The molecule has 0 aromatic carbocycles. The lowest BCUT2D eigenvalue weighted by Crippen LogP contribution is -2.30. The van der Waals surface area contributed by atoms with Gasteiger partial charge in [0.2, 0.25) is 6.29 Å². The summed E-state index contributed by atoms with van der Waals surface area (Å²) in [6.07, 6.45) is 7.87. The Bertz CT molecular complexity index is 125. The van der Waals surface area contributed by atoms with E-state index in [2.05, 4.69) is 12.2 Å². The summed E-state index contributed by atoms with van der Waals surface area (Å²) in [5, 5.41) is 3.25. The van der Waals surface area contributed by atoms with Gasteiger partial charge >= 0.3 is 0 Å². The molecule has 1 unspecified atom stereocenters. The van der Waals surface area contributed by atoms with Crippen molar-refractivity contribution >= 4 is 6.29 Å². The van der Waals surface area contributed by atoms with Crippen LogP contribution in [0.2, 0.25) is 0 Å². The Kier molecular flexibility index (Phi) is 3.57. The second kappa shape index (κ2) is 4.50. The molecule has 1 fully saturated rings. The Labute approximate surface area is 68.4 Å². The van der Waals surface area contributed by atoms with E-state index >= 15 is 0 Å². The van der Waals surface area contributed by atoms with Crippen molar-refractivity contribution in [2.24, 2.45) is 0 Å². The molecule has 11 heavy (non-hydrogen) atoms. The van der Waals surface area contributed by atoms with Gasteiger partial charge in [0.25, 0.3) is 0 Å². The average molecular weight is 154 g/mol. The molecule has 63 valence electrons. The summed E-state index contributed by atoms with van der Waals surface area (Å²) in [4.78, 5) is 10.2. The van der Waals surface area contributed by atoms with Gasteiger partial charge in [-0.05, 0) is 19.3 Å².